The van der Waals surface area contributed by atoms with E-state index in [1.807, 2.05) is 36.4 Å². The molecule has 2 aromatic rings. The van der Waals surface area contributed by atoms with Crippen molar-refractivity contribution in [1.29, 1.82) is 0 Å². The van der Waals surface area contributed by atoms with Crippen LogP contribution in [0.3, 0.4) is 0 Å². The highest BCUT2D eigenvalue weighted by Gasteiger charge is 2.05. The standard InChI is InChI=1S/C16H19NO/c1-2-3-4-8-15(18)12-14-11-10-13-7-5-6-9-16(13)17-14/h5-7,9-11H,2-4,8,12H2,1H3. The number of unbranched alkanes of at least 4 members (excludes halogenated alkanes) is 2. The number of para-hydroxylation sites is 1. The maximum atomic E-state index is 11.8. The molecule has 0 saturated carbocycles. The Labute approximate surface area is 108 Å². The molecule has 2 nitrogen and oxygen atoms in total. The lowest BCUT2D eigenvalue weighted by Gasteiger charge is -2.02. The van der Waals surface area contributed by atoms with Crippen LogP contribution in [0.1, 0.15) is 38.3 Å². The van der Waals surface area contributed by atoms with Crippen LogP contribution < -0.4 is 0 Å². The molecule has 0 aliphatic heterocycles. The summed E-state index contributed by atoms with van der Waals surface area (Å²) in [6.45, 7) is 2.15. The zero-order chi connectivity index (χ0) is 12.8. The molecule has 0 bridgehead atoms. The first-order valence-electron chi connectivity index (χ1n) is 6.66. The highest BCUT2D eigenvalue weighted by atomic mass is 16.1. The third-order valence-electron chi connectivity index (χ3n) is 3.09. The lowest BCUT2D eigenvalue weighted by molar-refractivity contribution is -0.118. The van der Waals surface area contributed by atoms with Gasteiger partial charge in [0.25, 0.3) is 0 Å². The second-order valence-electron chi connectivity index (χ2n) is 4.67. The average Bonchev–Trinajstić information content (AvgIpc) is 2.39. The smallest absolute Gasteiger partial charge is 0.138 e. The van der Waals surface area contributed by atoms with Gasteiger partial charge in [-0.05, 0) is 18.6 Å². The Hall–Kier alpha value is -1.70. The Kier molecular flexibility index (Phi) is 4.46. The van der Waals surface area contributed by atoms with Gasteiger partial charge in [-0.1, -0.05) is 44.0 Å². The van der Waals surface area contributed by atoms with E-state index in [0.29, 0.717) is 18.6 Å². The topological polar surface area (TPSA) is 30.0 Å². The first kappa shape index (κ1) is 12.7. The van der Waals surface area contributed by atoms with Crippen molar-refractivity contribution in [2.75, 3.05) is 0 Å². The van der Waals surface area contributed by atoms with Crippen LogP contribution in [0.5, 0.6) is 0 Å². The van der Waals surface area contributed by atoms with E-state index >= 15 is 0 Å². The van der Waals surface area contributed by atoms with Gasteiger partial charge in [-0.25, -0.2) is 0 Å². The van der Waals surface area contributed by atoms with Crippen LogP contribution in [0.25, 0.3) is 10.9 Å². The minimum Gasteiger partial charge on any atom is -0.299 e. The molecule has 0 N–H and O–H groups in total. The molecule has 18 heavy (non-hydrogen) atoms. The Morgan fingerprint density at radius 2 is 1.94 bits per heavy atom. The molecular weight excluding hydrogens is 222 g/mol. The number of hydrogen-bond acceptors (Lipinski definition) is 2. The Morgan fingerprint density at radius 1 is 1.11 bits per heavy atom. The Bertz CT molecular complexity index is 533. The lowest BCUT2D eigenvalue weighted by atomic mass is 10.1. The molecule has 0 saturated heterocycles. The summed E-state index contributed by atoms with van der Waals surface area (Å²) in [4.78, 5) is 16.3. The third-order valence-corrected chi connectivity index (χ3v) is 3.09. The molecule has 94 valence electrons. The predicted octanol–water partition coefficient (Wildman–Crippen LogP) is 3.93. The molecule has 1 heterocycles. The van der Waals surface area contributed by atoms with Gasteiger partial charge in [0.1, 0.15) is 5.78 Å². The number of hydrogen-bond donors (Lipinski definition) is 0. The molecule has 0 amide bonds. The number of ketones is 1. The molecule has 0 fully saturated rings. The summed E-state index contributed by atoms with van der Waals surface area (Å²) in [6.07, 6.45) is 4.44. The molecule has 0 aliphatic carbocycles. The second kappa shape index (κ2) is 6.29. The van der Waals surface area contributed by atoms with Crippen molar-refractivity contribution in [3.05, 3.63) is 42.1 Å². The van der Waals surface area contributed by atoms with Gasteiger partial charge in [0.2, 0.25) is 0 Å². The second-order valence-corrected chi connectivity index (χ2v) is 4.67. The van der Waals surface area contributed by atoms with Crippen molar-refractivity contribution >= 4 is 16.7 Å². The molecule has 2 rings (SSSR count). The van der Waals surface area contributed by atoms with Crippen molar-refractivity contribution in [3.63, 3.8) is 0 Å². The van der Waals surface area contributed by atoms with Gasteiger partial charge in [-0.3, -0.25) is 9.78 Å². The van der Waals surface area contributed by atoms with Gasteiger partial charge in [-0.15, -0.1) is 0 Å². The van der Waals surface area contributed by atoms with Crippen LogP contribution in [0.4, 0.5) is 0 Å². The van der Waals surface area contributed by atoms with Crippen molar-refractivity contribution < 1.29 is 4.79 Å². The van der Waals surface area contributed by atoms with Crippen LogP contribution in [0.15, 0.2) is 36.4 Å². The maximum absolute atomic E-state index is 11.8. The van der Waals surface area contributed by atoms with Gasteiger partial charge in [0, 0.05) is 23.9 Å². The monoisotopic (exact) mass is 241 g/mol. The predicted molar refractivity (Wildman–Crippen MR) is 74.6 cm³/mol. The molecule has 0 atom stereocenters. The van der Waals surface area contributed by atoms with E-state index in [4.69, 9.17) is 0 Å². The summed E-state index contributed by atoms with van der Waals surface area (Å²) in [6, 6.07) is 12.0. The van der Waals surface area contributed by atoms with Crippen LogP contribution in [0, 0.1) is 0 Å². The number of benzene rings is 1. The van der Waals surface area contributed by atoms with Gasteiger partial charge < -0.3 is 0 Å². The fourth-order valence-electron chi connectivity index (χ4n) is 2.07. The molecule has 2 heteroatoms. The first-order valence-corrected chi connectivity index (χ1v) is 6.66. The van der Waals surface area contributed by atoms with Gasteiger partial charge >= 0.3 is 0 Å². The fraction of sp³-hybridized carbons (Fsp3) is 0.375. The summed E-state index contributed by atoms with van der Waals surface area (Å²) in [5, 5.41) is 1.12. The van der Waals surface area contributed by atoms with Crippen LogP contribution in [-0.4, -0.2) is 10.8 Å². The van der Waals surface area contributed by atoms with Crippen LogP contribution in [-0.2, 0) is 11.2 Å². The number of rotatable bonds is 6. The molecule has 1 aromatic heterocycles. The Balaban J connectivity index is 2.01. The summed E-state index contributed by atoms with van der Waals surface area (Å²) in [5.74, 6) is 0.297. The van der Waals surface area contributed by atoms with E-state index in [2.05, 4.69) is 11.9 Å². The first-order chi connectivity index (χ1) is 8.79. The number of nitrogens with zero attached hydrogens (tertiary/aromatic N) is 1. The normalized spacial score (nSPS) is 10.7. The lowest BCUT2D eigenvalue weighted by Crippen LogP contribution is -2.04. The molecule has 0 radical (unpaired) electrons. The number of pyridine rings is 1. The molecule has 1 aromatic carbocycles. The van der Waals surface area contributed by atoms with E-state index in [9.17, 15) is 4.79 Å². The van der Waals surface area contributed by atoms with Gasteiger partial charge in [-0.2, -0.15) is 0 Å². The fourth-order valence-corrected chi connectivity index (χ4v) is 2.07. The molecular formula is C16H19NO. The SMILES string of the molecule is CCCCCC(=O)Cc1ccc2ccccc2n1. The van der Waals surface area contributed by atoms with Crippen molar-refractivity contribution in [2.24, 2.45) is 0 Å². The zero-order valence-corrected chi connectivity index (χ0v) is 10.9. The van der Waals surface area contributed by atoms with Crippen LogP contribution in [0.2, 0.25) is 0 Å². The summed E-state index contributed by atoms with van der Waals surface area (Å²) in [7, 11) is 0. The minimum atomic E-state index is 0.297. The van der Waals surface area contributed by atoms with E-state index in [-0.39, 0.29) is 0 Å². The van der Waals surface area contributed by atoms with Crippen molar-refractivity contribution in [2.45, 2.75) is 39.0 Å². The largest absolute Gasteiger partial charge is 0.299 e. The van der Waals surface area contributed by atoms with Crippen molar-refractivity contribution in [1.82, 2.24) is 4.98 Å². The highest BCUT2D eigenvalue weighted by molar-refractivity contribution is 5.82. The van der Waals surface area contributed by atoms with Gasteiger partial charge in [0.15, 0.2) is 0 Å². The number of carbonyl (C=O) groups excluding carboxylic acids is 1. The maximum Gasteiger partial charge on any atom is 0.138 e. The molecule has 0 aliphatic rings. The summed E-state index contributed by atoms with van der Waals surface area (Å²) < 4.78 is 0. The quantitative estimate of drug-likeness (QED) is 0.717. The Morgan fingerprint density at radius 3 is 2.78 bits per heavy atom. The van der Waals surface area contributed by atoms with Gasteiger partial charge in [0.05, 0.1) is 5.52 Å². The van der Waals surface area contributed by atoms with E-state index in [1.54, 1.807) is 0 Å². The number of carbonyl (C=O) groups is 1. The highest BCUT2D eigenvalue weighted by Crippen LogP contribution is 2.13. The molecule has 0 spiro atoms. The summed E-state index contributed by atoms with van der Waals surface area (Å²) in [5.41, 5.74) is 1.85. The number of Topliss-reactive ketones (excluding diaryl/α,β-unsaturated/α-hetero) is 1. The minimum absolute atomic E-state index is 0.297. The average molecular weight is 241 g/mol. The summed E-state index contributed by atoms with van der Waals surface area (Å²) >= 11 is 0. The third kappa shape index (κ3) is 3.39. The van der Waals surface area contributed by atoms with E-state index in [1.165, 1.54) is 0 Å². The number of aromatic nitrogens is 1. The van der Waals surface area contributed by atoms with Crippen LogP contribution >= 0.6 is 0 Å². The van der Waals surface area contributed by atoms with E-state index in [0.717, 1.165) is 35.9 Å². The molecule has 0 unspecified atom stereocenters. The zero-order valence-electron chi connectivity index (χ0n) is 10.9. The van der Waals surface area contributed by atoms with E-state index < -0.39 is 0 Å². The number of fused-ring (bicyclic) bond motifs is 1. The van der Waals surface area contributed by atoms with Crippen molar-refractivity contribution in [3.8, 4) is 0 Å².